The molecule has 1 saturated heterocycles. The van der Waals surface area contributed by atoms with Crippen LogP contribution in [-0.4, -0.2) is 59.6 Å². The van der Waals surface area contributed by atoms with Gasteiger partial charge in [0.25, 0.3) is 5.91 Å². The van der Waals surface area contributed by atoms with Crippen LogP contribution in [0.25, 0.3) is 16.6 Å². The van der Waals surface area contributed by atoms with Crippen LogP contribution in [0.4, 0.5) is 0 Å². The van der Waals surface area contributed by atoms with Crippen LogP contribution in [0.5, 0.6) is 5.75 Å². The van der Waals surface area contributed by atoms with E-state index < -0.39 is 23.9 Å². The van der Waals surface area contributed by atoms with Gasteiger partial charge in [-0.25, -0.2) is 9.59 Å². The molecule has 0 saturated carbocycles. The summed E-state index contributed by atoms with van der Waals surface area (Å²) in [5.41, 5.74) is 2.44. The molecule has 8 heteroatoms. The normalized spacial score (nSPS) is 13.8. The number of fused-ring (bicyclic) bond motifs is 1. The van der Waals surface area contributed by atoms with Crippen molar-refractivity contribution in [2.75, 3.05) is 26.2 Å². The van der Waals surface area contributed by atoms with Gasteiger partial charge in [0, 0.05) is 17.6 Å². The molecule has 222 valence electrons. The molecule has 1 aromatic heterocycles. The van der Waals surface area contributed by atoms with E-state index in [0.29, 0.717) is 28.6 Å². The van der Waals surface area contributed by atoms with E-state index in [2.05, 4.69) is 10.2 Å². The molecule has 4 aromatic carbocycles. The van der Waals surface area contributed by atoms with Crippen molar-refractivity contribution in [1.29, 1.82) is 0 Å². The zero-order valence-corrected chi connectivity index (χ0v) is 24.2. The van der Waals surface area contributed by atoms with Gasteiger partial charge in [-0.2, -0.15) is 0 Å². The van der Waals surface area contributed by atoms with Crippen molar-refractivity contribution in [3.63, 3.8) is 0 Å². The topological polar surface area (TPSA) is 89.9 Å². The lowest BCUT2D eigenvalue weighted by atomic mass is 10.2. The van der Waals surface area contributed by atoms with E-state index >= 15 is 0 Å². The lowest BCUT2D eigenvalue weighted by Gasteiger charge is -2.24. The lowest BCUT2D eigenvalue weighted by molar-refractivity contribution is 0.0220. The molecule has 1 unspecified atom stereocenters. The Morgan fingerprint density at radius 1 is 0.705 bits per heavy atom. The maximum absolute atomic E-state index is 14.2. The van der Waals surface area contributed by atoms with E-state index in [4.69, 9.17) is 9.47 Å². The van der Waals surface area contributed by atoms with E-state index in [1.807, 2.05) is 66.7 Å². The fraction of sp³-hybridized carbons (Fsp3) is 0.194. The monoisotopic (exact) mass is 587 g/mol. The first-order chi connectivity index (χ1) is 21.6. The second-order valence-electron chi connectivity index (χ2n) is 10.7. The largest absolute Gasteiger partial charge is 0.456 e. The first-order valence-electron chi connectivity index (χ1n) is 14.8. The predicted molar refractivity (Wildman–Crippen MR) is 168 cm³/mol. The summed E-state index contributed by atoms with van der Waals surface area (Å²) in [6.45, 7) is 2.40. The smallest absolute Gasteiger partial charge is 0.343 e. The van der Waals surface area contributed by atoms with Crippen LogP contribution in [0, 0.1) is 0 Å². The van der Waals surface area contributed by atoms with Crippen LogP contribution in [0.2, 0.25) is 0 Å². The summed E-state index contributed by atoms with van der Waals surface area (Å²) in [5, 5.41) is 3.62. The minimum absolute atomic E-state index is 0.0797. The highest BCUT2D eigenvalue weighted by molar-refractivity contribution is 6.07. The number of nitrogens with one attached hydrogen (secondary N) is 1. The summed E-state index contributed by atoms with van der Waals surface area (Å²) in [6, 6.07) is 34.4. The minimum atomic E-state index is -0.588. The molecule has 1 N–H and O–H groups in total. The average molecular weight is 588 g/mol. The number of rotatable bonds is 10. The fourth-order valence-corrected chi connectivity index (χ4v) is 5.57. The highest BCUT2D eigenvalue weighted by Crippen LogP contribution is 2.36. The molecule has 1 aliphatic heterocycles. The number of carbonyl (C=O) groups is 3. The number of para-hydroxylation sites is 2. The van der Waals surface area contributed by atoms with E-state index in [0.717, 1.165) is 31.6 Å². The van der Waals surface area contributed by atoms with Gasteiger partial charge in [-0.05, 0) is 74.5 Å². The summed E-state index contributed by atoms with van der Waals surface area (Å²) in [5.74, 6) is -1.31. The van der Waals surface area contributed by atoms with Gasteiger partial charge in [-0.3, -0.25) is 9.69 Å². The summed E-state index contributed by atoms with van der Waals surface area (Å²) in [7, 11) is 0. The number of benzene rings is 4. The third-order valence-corrected chi connectivity index (χ3v) is 7.70. The van der Waals surface area contributed by atoms with Crippen LogP contribution in [0.15, 0.2) is 115 Å². The van der Waals surface area contributed by atoms with Gasteiger partial charge in [0.2, 0.25) is 0 Å². The second kappa shape index (κ2) is 13.4. The Labute approximate surface area is 255 Å². The van der Waals surface area contributed by atoms with E-state index in [1.165, 1.54) is 0 Å². The molecule has 1 aliphatic rings. The first-order valence-corrected chi connectivity index (χ1v) is 14.8. The highest BCUT2D eigenvalue weighted by atomic mass is 16.5. The Morgan fingerprint density at radius 3 is 1.93 bits per heavy atom. The molecule has 1 amide bonds. The Balaban J connectivity index is 1.34. The van der Waals surface area contributed by atoms with Crippen molar-refractivity contribution in [2.24, 2.45) is 0 Å². The standard InChI is InChI=1S/C36H33N3O5/c40-34(37-24-29(25-38-22-12-13-23-38)43-35(41)26-14-4-1-5-15-26)32-33(44-36(42)27-16-6-2-7-17-27)30-20-10-11-21-31(30)39(32)28-18-8-3-9-19-28/h1-11,14-21,29H,12-13,22-25H2,(H,37,40). The van der Waals surface area contributed by atoms with Crippen LogP contribution in [-0.2, 0) is 4.74 Å². The number of nitrogens with zero attached hydrogens (tertiary/aromatic N) is 2. The molecule has 1 fully saturated rings. The van der Waals surface area contributed by atoms with E-state index in [-0.39, 0.29) is 18.0 Å². The molecule has 0 bridgehead atoms. The lowest BCUT2D eigenvalue weighted by Crippen LogP contribution is -2.42. The van der Waals surface area contributed by atoms with E-state index in [1.54, 1.807) is 53.1 Å². The molecule has 0 spiro atoms. The fourth-order valence-electron chi connectivity index (χ4n) is 5.57. The van der Waals surface area contributed by atoms with Crippen LogP contribution in [0.1, 0.15) is 44.0 Å². The number of ether oxygens (including phenoxy) is 2. The van der Waals surface area contributed by atoms with Crippen molar-refractivity contribution in [3.05, 3.63) is 132 Å². The number of aromatic nitrogens is 1. The highest BCUT2D eigenvalue weighted by Gasteiger charge is 2.29. The van der Waals surface area contributed by atoms with E-state index in [9.17, 15) is 14.4 Å². The summed E-state index contributed by atoms with van der Waals surface area (Å²) in [4.78, 5) is 42.7. The second-order valence-corrected chi connectivity index (χ2v) is 10.7. The Kier molecular flexibility index (Phi) is 8.80. The summed E-state index contributed by atoms with van der Waals surface area (Å²) < 4.78 is 13.7. The molecule has 0 aliphatic carbocycles. The van der Waals surface area contributed by atoms with Gasteiger partial charge in [0.15, 0.2) is 11.4 Å². The van der Waals surface area contributed by atoms with Crippen LogP contribution >= 0.6 is 0 Å². The number of hydrogen-bond donors (Lipinski definition) is 1. The SMILES string of the molecule is O=C(Oc1c(C(=O)NCC(CN2CCCC2)OC(=O)c2ccccc2)n(-c2ccccc2)c2ccccc12)c1ccccc1. The van der Waals surface area contributed by atoms with Crippen LogP contribution in [0.3, 0.4) is 0 Å². The van der Waals surface area contributed by atoms with Crippen molar-refractivity contribution >= 4 is 28.7 Å². The van der Waals surface area contributed by atoms with Gasteiger partial charge < -0.3 is 19.4 Å². The Morgan fingerprint density at radius 2 is 1.27 bits per heavy atom. The van der Waals surface area contributed by atoms with Crippen molar-refractivity contribution in [2.45, 2.75) is 18.9 Å². The number of hydrogen-bond acceptors (Lipinski definition) is 6. The molecule has 1 atom stereocenters. The zero-order valence-electron chi connectivity index (χ0n) is 24.2. The zero-order chi connectivity index (χ0) is 30.3. The summed E-state index contributed by atoms with van der Waals surface area (Å²) in [6.07, 6.45) is 1.58. The van der Waals surface area contributed by atoms with Gasteiger partial charge in [0.05, 0.1) is 23.2 Å². The van der Waals surface area contributed by atoms with Gasteiger partial charge in [-0.15, -0.1) is 0 Å². The molecule has 44 heavy (non-hydrogen) atoms. The van der Waals surface area contributed by atoms with Gasteiger partial charge in [0.1, 0.15) is 6.10 Å². The quantitative estimate of drug-likeness (QED) is 0.205. The molecule has 0 radical (unpaired) electrons. The molecule has 8 nitrogen and oxygen atoms in total. The number of likely N-dealkylation sites (tertiary alicyclic amines) is 1. The third-order valence-electron chi connectivity index (χ3n) is 7.70. The molecule has 6 rings (SSSR count). The van der Waals surface area contributed by atoms with Crippen molar-refractivity contribution in [1.82, 2.24) is 14.8 Å². The third kappa shape index (κ3) is 6.40. The Bertz CT molecular complexity index is 1750. The number of esters is 2. The predicted octanol–water partition coefficient (Wildman–Crippen LogP) is 5.90. The molecular formula is C36H33N3O5. The maximum atomic E-state index is 14.2. The van der Waals surface area contributed by atoms with Crippen molar-refractivity contribution in [3.8, 4) is 11.4 Å². The number of carbonyl (C=O) groups excluding carboxylic acids is 3. The van der Waals surface area contributed by atoms with Gasteiger partial charge in [-0.1, -0.05) is 66.7 Å². The molecule has 2 heterocycles. The Hall–Kier alpha value is -5.21. The summed E-state index contributed by atoms with van der Waals surface area (Å²) >= 11 is 0. The van der Waals surface area contributed by atoms with Gasteiger partial charge >= 0.3 is 11.9 Å². The maximum Gasteiger partial charge on any atom is 0.343 e. The van der Waals surface area contributed by atoms with Crippen LogP contribution < -0.4 is 10.1 Å². The molecular weight excluding hydrogens is 554 g/mol. The minimum Gasteiger partial charge on any atom is -0.456 e. The first kappa shape index (κ1) is 28.9. The average Bonchev–Trinajstić information content (AvgIpc) is 3.71. The molecule has 5 aromatic rings. The number of amides is 1. The van der Waals surface area contributed by atoms with Crippen molar-refractivity contribution < 1.29 is 23.9 Å².